The first-order valence-corrected chi connectivity index (χ1v) is 5.77. The molecule has 0 fully saturated rings. The summed E-state index contributed by atoms with van der Waals surface area (Å²) in [6.45, 7) is 0.152. The molecule has 17 heavy (non-hydrogen) atoms. The van der Waals surface area contributed by atoms with E-state index in [2.05, 4.69) is 26.3 Å². The first-order chi connectivity index (χ1) is 8.15. The van der Waals surface area contributed by atoms with Crippen LogP contribution in [0.25, 0.3) is 10.9 Å². The summed E-state index contributed by atoms with van der Waals surface area (Å²) >= 11 is 3.31. The summed E-state index contributed by atoms with van der Waals surface area (Å²) in [4.78, 5) is 22.0. The summed E-state index contributed by atoms with van der Waals surface area (Å²) in [6, 6.07) is 5.21. The number of amides is 1. The largest absolute Gasteiger partial charge is 0.358 e. The third-order valence-corrected chi connectivity index (χ3v) is 3.02. The number of likely N-dealkylation sites (N-methyl/N-ethyl adjacent to an activating group) is 1. The second kappa shape index (κ2) is 4.67. The lowest BCUT2D eigenvalue weighted by Gasteiger charge is -2.01. The Bertz CT molecular complexity index is 592. The van der Waals surface area contributed by atoms with Crippen LogP contribution in [-0.4, -0.2) is 29.0 Å². The molecule has 1 amide bonds. The molecule has 2 rings (SSSR count). The van der Waals surface area contributed by atoms with Gasteiger partial charge in [-0.25, -0.2) is 0 Å². The molecule has 1 aromatic carbocycles. The number of benzene rings is 1. The lowest BCUT2D eigenvalue weighted by Crippen LogP contribution is -2.23. The highest BCUT2D eigenvalue weighted by molar-refractivity contribution is 9.10. The molecular formula is C11H10BrN3O2. The fourth-order valence-corrected chi connectivity index (χ4v) is 2.08. The number of nitrogens with one attached hydrogen (secondary N) is 1. The predicted octanol–water partition coefficient (Wildman–Crippen LogP) is 1.36. The van der Waals surface area contributed by atoms with Gasteiger partial charge in [-0.2, -0.15) is 5.10 Å². The van der Waals surface area contributed by atoms with Crippen LogP contribution in [-0.2, 0) is 11.3 Å². The third kappa shape index (κ3) is 2.21. The van der Waals surface area contributed by atoms with Gasteiger partial charge < -0.3 is 5.32 Å². The Morgan fingerprint density at radius 2 is 2.35 bits per heavy atom. The number of nitrogens with zero attached hydrogens (tertiary/aromatic N) is 2. The number of hydrogen-bond donors (Lipinski definition) is 1. The molecule has 0 aliphatic heterocycles. The number of fused-ring (bicyclic) bond motifs is 1. The van der Waals surface area contributed by atoms with Crippen LogP contribution in [0.5, 0.6) is 0 Å². The summed E-state index contributed by atoms with van der Waals surface area (Å²) in [6.07, 6.45) is 0.780. The number of aromatic nitrogens is 2. The first-order valence-electron chi connectivity index (χ1n) is 4.97. The first kappa shape index (κ1) is 11.8. The van der Waals surface area contributed by atoms with E-state index in [0.717, 1.165) is 17.2 Å². The van der Waals surface area contributed by atoms with Crippen LogP contribution in [0, 0.1) is 0 Å². The minimum atomic E-state index is -0.124. The van der Waals surface area contributed by atoms with Crippen LogP contribution in [0.1, 0.15) is 10.4 Å². The van der Waals surface area contributed by atoms with Crippen molar-refractivity contribution >= 4 is 39.0 Å². The van der Waals surface area contributed by atoms with Crippen molar-refractivity contribution < 1.29 is 9.59 Å². The fourth-order valence-electron chi connectivity index (χ4n) is 1.57. The highest BCUT2D eigenvalue weighted by Crippen LogP contribution is 2.24. The highest BCUT2D eigenvalue weighted by atomic mass is 79.9. The van der Waals surface area contributed by atoms with Crippen LogP contribution < -0.4 is 5.32 Å². The van der Waals surface area contributed by atoms with Gasteiger partial charge >= 0.3 is 0 Å². The zero-order valence-corrected chi connectivity index (χ0v) is 10.7. The van der Waals surface area contributed by atoms with Crippen LogP contribution >= 0.6 is 15.9 Å². The predicted molar refractivity (Wildman–Crippen MR) is 66.9 cm³/mol. The van der Waals surface area contributed by atoms with Crippen molar-refractivity contribution in [3.8, 4) is 0 Å². The standard InChI is InChI=1S/C11H10BrN3O2/c1-13-10(17)5-15-9-3-2-7(6-16)4-8(9)11(12)14-15/h2-4,6H,5H2,1H3,(H,13,17). The van der Waals surface area contributed by atoms with E-state index in [9.17, 15) is 9.59 Å². The van der Waals surface area contributed by atoms with Crippen molar-refractivity contribution in [3.63, 3.8) is 0 Å². The van der Waals surface area contributed by atoms with E-state index in [-0.39, 0.29) is 12.5 Å². The number of halogens is 1. The normalized spacial score (nSPS) is 10.5. The van der Waals surface area contributed by atoms with Crippen molar-refractivity contribution in [3.05, 3.63) is 28.4 Å². The van der Waals surface area contributed by atoms with E-state index >= 15 is 0 Å². The molecule has 0 unspecified atom stereocenters. The maximum absolute atomic E-state index is 11.3. The van der Waals surface area contributed by atoms with Gasteiger partial charge in [0.1, 0.15) is 17.4 Å². The van der Waals surface area contributed by atoms with E-state index in [1.54, 1.807) is 29.9 Å². The van der Waals surface area contributed by atoms with Crippen LogP contribution in [0.4, 0.5) is 0 Å². The maximum atomic E-state index is 11.3. The summed E-state index contributed by atoms with van der Waals surface area (Å²) in [5, 5.41) is 7.57. The minimum absolute atomic E-state index is 0.124. The summed E-state index contributed by atoms with van der Waals surface area (Å²) in [5.41, 5.74) is 1.39. The summed E-state index contributed by atoms with van der Waals surface area (Å²) in [7, 11) is 1.58. The zero-order chi connectivity index (χ0) is 12.4. The Kier molecular flexibility index (Phi) is 3.23. The quantitative estimate of drug-likeness (QED) is 0.870. The molecule has 1 aromatic heterocycles. The topological polar surface area (TPSA) is 64.0 Å². The molecule has 6 heteroatoms. The minimum Gasteiger partial charge on any atom is -0.358 e. The average molecular weight is 296 g/mol. The second-order valence-corrected chi connectivity index (χ2v) is 4.27. The van der Waals surface area contributed by atoms with Crippen molar-refractivity contribution in [1.82, 2.24) is 15.1 Å². The molecule has 2 aromatic rings. The lowest BCUT2D eigenvalue weighted by atomic mass is 10.2. The van der Waals surface area contributed by atoms with Crippen molar-refractivity contribution in [2.24, 2.45) is 0 Å². The van der Waals surface area contributed by atoms with Gasteiger partial charge in [0.25, 0.3) is 0 Å². The Morgan fingerprint density at radius 1 is 1.59 bits per heavy atom. The van der Waals surface area contributed by atoms with Gasteiger partial charge in [0.15, 0.2) is 0 Å². The molecule has 1 heterocycles. The zero-order valence-electron chi connectivity index (χ0n) is 9.11. The van der Waals surface area contributed by atoms with Crippen molar-refractivity contribution in [1.29, 1.82) is 0 Å². The number of hydrogen-bond acceptors (Lipinski definition) is 3. The molecule has 0 atom stereocenters. The molecule has 1 N–H and O–H groups in total. The smallest absolute Gasteiger partial charge is 0.241 e. The molecule has 88 valence electrons. The van der Waals surface area contributed by atoms with E-state index in [4.69, 9.17) is 0 Å². The van der Waals surface area contributed by atoms with Crippen LogP contribution in [0.3, 0.4) is 0 Å². The molecule has 0 aliphatic rings. The highest BCUT2D eigenvalue weighted by Gasteiger charge is 2.11. The van der Waals surface area contributed by atoms with Crippen molar-refractivity contribution in [2.45, 2.75) is 6.54 Å². The van der Waals surface area contributed by atoms with Gasteiger partial charge in [-0.3, -0.25) is 14.3 Å². The molecule has 0 aliphatic carbocycles. The molecule has 0 saturated carbocycles. The fraction of sp³-hybridized carbons (Fsp3) is 0.182. The molecule has 0 spiro atoms. The van der Waals surface area contributed by atoms with Gasteiger partial charge in [-0.1, -0.05) is 0 Å². The van der Waals surface area contributed by atoms with Gasteiger partial charge in [0.2, 0.25) is 5.91 Å². The van der Waals surface area contributed by atoms with Gasteiger partial charge in [-0.15, -0.1) is 0 Å². The van der Waals surface area contributed by atoms with Crippen LogP contribution in [0.2, 0.25) is 0 Å². The van der Waals surface area contributed by atoms with Gasteiger partial charge in [0.05, 0.1) is 5.52 Å². The molecule has 0 radical (unpaired) electrons. The molecule has 0 bridgehead atoms. The Morgan fingerprint density at radius 3 is 3.00 bits per heavy atom. The average Bonchev–Trinajstić information content (AvgIpc) is 2.65. The van der Waals surface area contributed by atoms with Gasteiger partial charge in [0, 0.05) is 18.0 Å². The van der Waals surface area contributed by atoms with E-state index in [1.165, 1.54) is 0 Å². The summed E-state index contributed by atoms with van der Waals surface area (Å²) < 4.78 is 2.22. The number of carbonyl (C=O) groups excluding carboxylic acids is 2. The monoisotopic (exact) mass is 295 g/mol. The lowest BCUT2D eigenvalue weighted by molar-refractivity contribution is -0.121. The molecular weight excluding hydrogens is 286 g/mol. The van der Waals surface area contributed by atoms with Crippen LogP contribution in [0.15, 0.2) is 22.8 Å². The maximum Gasteiger partial charge on any atom is 0.241 e. The van der Waals surface area contributed by atoms with E-state index in [0.29, 0.717) is 10.2 Å². The van der Waals surface area contributed by atoms with Gasteiger partial charge in [-0.05, 0) is 34.1 Å². The summed E-state index contributed by atoms with van der Waals surface area (Å²) in [5.74, 6) is -0.124. The SMILES string of the molecule is CNC(=O)Cn1nc(Br)c2cc(C=O)ccc21. The third-order valence-electron chi connectivity index (χ3n) is 2.44. The van der Waals surface area contributed by atoms with E-state index in [1.807, 2.05) is 0 Å². The Labute approximate surface area is 106 Å². The van der Waals surface area contributed by atoms with E-state index < -0.39 is 0 Å². The Hall–Kier alpha value is -1.69. The number of rotatable bonds is 3. The van der Waals surface area contributed by atoms with Crippen molar-refractivity contribution in [2.75, 3.05) is 7.05 Å². The second-order valence-electron chi connectivity index (χ2n) is 3.52. The Balaban J connectivity index is 2.52. The molecule has 5 nitrogen and oxygen atoms in total. The number of aldehydes is 1. The molecule has 0 saturated heterocycles. The number of carbonyl (C=O) groups is 2.